The molecule has 2 nitrogen and oxygen atoms in total. The van der Waals surface area contributed by atoms with Gasteiger partial charge >= 0.3 is 0 Å². The predicted molar refractivity (Wildman–Crippen MR) is 75.9 cm³/mol. The Morgan fingerprint density at radius 2 is 1.84 bits per heavy atom. The van der Waals surface area contributed by atoms with Crippen molar-refractivity contribution >= 4 is 17.1 Å². The molecular formula is C15H16FNOS. The number of carbonyl (C=O) groups excluding carboxylic acids is 1. The van der Waals surface area contributed by atoms with Gasteiger partial charge in [0, 0.05) is 13.1 Å². The zero-order chi connectivity index (χ0) is 13.8. The number of carbonyl (C=O) groups is 1. The van der Waals surface area contributed by atoms with Gasteiger partial charge in [-0.2, -0.15) is 0 Å². The number of thiophene rings is 1. The largest absolute Gasteiger partial charge is 0.298 e. The lowest BCUT2D eigenvalue weighted by molar-refractivity contribution is 0.102. The SMILES string of the molecule is CC(=O)c1cc(CN(C)Cc2ccc(F)cc2)cs1. The molecule has 0 radical (unpaired) electrons. The molecule has 1 aromatic carbocycles. The number of hydrogen-bond acceptors (Lipinski definition) is 3. The molecule has 2 rings (SSSR count). The summed E-state index contributed by atoms with van der Waals surface area (Å²) in [7, 11) is 2.01. The molecule has 0 aliphatic rings. The van der Waals surface area contributed by atoms with Crippen LogP contribution in [0.1, 0.15) is 27.7 Å². The summed E-state index contributed by atoms with van der Waals surface area (Å²) in [5.74, 6) is -0.104. The molecule has 0 fully saturated rings. The standard InChI is InChI=1S/C15H16FNOS/c1-11(18)15-7-13(10-19-15)9-17(2)8-12-3-5-14(16)6-4-12/h3-7,10H,8-9H2,1-2H3. The fraction of sp³-hybridized carbons (Fsp3) is 0.267. The molecule has 0 spiro atoms. The van der Waals surface area contributed by atoms with Gasteiger partial charge in [0.05, 0.1) is 4.88 Å². The van der Waals surface area contributed by atoms with Crippen LogP contribution in [-0.4, -0.2) is 17.7 Å². The van der Waals surface area contributed by atoms with E-state index in [9.17, 15) is 9.18 Å². The fourth-order valence-corrected chi connectivity index (χ4v) is 2.72. The summed E-state index contributed by atoms with van der Waals surface area (Å²) < 4.78 is 12.8. The summed E-state index contributed by atoms with van der Waals surface area (Å²) in [5, 5.41) is 2.01. The maximum Gasteiger partial charge on any atom is 0.169 e. The summed E-state index contributed by atoms with van der Waals surface area (Å²) in [5.41, 5.74) is 2.21. The van der Waals surface area contributed by atoms with Crippen LogP contribution in [0.4, 0.5) is 4.39 Å². The Balaban J connectivity index is 1.94. The van der Waals surface area contributed by atoms with Gasteiger partial charge in [0.25, 0.3) is 0 Å². The zero-order valence-corrected chi connectivity index (χ0v) is 11.8. The van der Waals surface area contributed by atoms with Crippen LogP contribution >= 0.6 is 11.3 Å². The first-order chi connectivity index (χ1) is 9.04. The highest BCUT2D eigenvalue weighted by molar-refractivity contribution is 7.12. The van der Waals surface area contributed by atoms with E-state index in [-0.39, 0.29) is 11.6 Å². The van der Waals surface area contributed by atoms with Crippen molar-refractivity contribution < 1.29 is 9.18 Å². The molecule has 0 atom stereocenters. The second-order valence-electron chi connectivity index (χ2n) is 4.67. The highest BCUT2D eigenvalue weighted by Crippen LogP contribution is 2.17. The minimum atomic E-state index is -0.213. The number of Topliss-reactive ketones (excluding diaryl/α,β-unsaturated/α-hetero) is 1. The number of ketones is 1. The molecule has 0 aliphatic carbocycles. The van der Waals surface area contributed by atoms with E-state index in [2.05, 4.69) is 4.90 Å². The van der Waals surface area contributed by atoms with Crippen LogP contribution in [0.15, 0.2) is 35.7 Å². The van der Waals surface area contributed by atoms with Gasteiger partial charge in [0.1, 0.15) is 5.82 Å². The smallest absolute Gasteiger partial charge is 0.169 e. The summed E-state index contributed by atoms with van der Waals surface area (Å²) in [6.07, 6.45) is 0. The van der Waals surface area contributed by atoms with E-state index >= 15 is 0 Å². The molecular weight excluding hydrogens is 261 g/mol. The highest BCUT2D eigenvalue weighted by atomic mass is 32.1. The Morgan fingerprint density at radius 1 is 1.21 bits per heavy atom. The first kappa shape index (κ1) is 13.9. The van der Waals surface area contributed by atoms with E-state index < -0.39 is 0 Å². The first-order valence-electron chi connectivity index (χ1n) is 6.06. The molecule has 4 heteroatoms. The van der Waals surface area contributed by atoms with E-state index in [1.807, 2.05) is 18.5 Å². The molecule has 0 saturated heterocycles. The topological polar surface area (TPSA) is 20.3 Å². The van der Waals surface area contributed by atoms with Gasteiger partial charge in [-0.25, -0.2) is 4.39 Å². The van der Waals surface area contributed by atoms with E-state index in [0.717, 1.165) is 29.1 Å². The minimum absolute atomic E-state index is 0.109. The Hall–Kier alpha value is -1.52. The van der Waals surface area contributed by atoms with Gasteiger partial charge in [-0.1, -0.05) is 12.1 Å². The molecule has 1 aromatic heterocycles. The second kappa shape index (κ2) is 6.08. The van der Waals surface area contributed by atoms with Crippen molar-refractivity contribution in [1.29, 1.82) is 0 Å². The molecule has 100 valence electrons. The van der Waals surface area contributed by atoms with Crippen molar-refractivity contribution in [1.82, 2.24) is 4.90 Å². The van der Waals surface area contributed by atoms with Crippen molar-refractivity contribution in [3.63, 3.8) is 0 Å². The molecule has 0 bridgehead atoms. The molecule has 0 amide bonds. The molecule has 0 N–H and O–H groups in total. The van der Waals surface area contributed by atoms with Gasteiger partial charge in [0.15, 0.2) is 5.78 Å². The number of benzene rings is 1. The van der Waals surface area contributed by atoms with Gasteiger partial charge in [-0.3, -0.25) is 9.69 Å². The highest BCUT2D eigenvalue weighted by Gasteiger charge is 2.07. The Kier molecular flexibility index (Phi) is 4.45. The quantitative estimate of drug-likeness (QED) is 0.776. The zero-order valence-electron chi connectivity index (χ0n) is 11.0. The van der Waals surface area contributed by atoms with E-state index in [0.29, 0.717) is 0 Å². The summed E-state index contributed by atoms with van der Waals surface area (Å²) >= 11 is 1.48. The van der Waals surface area contributed by atoms with Gasteiger partial charge in [0.2, 0.25) is 0 Å². The third kappa shape index (κ3) is 3.98. The Bertz CT molecular complexity index is 562. The third-order valence-corrected chi connectivity index (χ3v) is 3.90. The normalized spacial score (nSPS) is 10.9. The van der Waals surface area contributed by atoms with Crippen molar-refractivity contribution in [3.8, 4) is 0 Å². The van der Waals surface area contributed by atoms with E-state index in [1.54, 1.807) is 19.1 Å². The summed E-state index contributed by atoms with van der Waals surface area (Å²) in [6.45, 7) is 3.12. The van der Waals surface area contributed by atoms with Crippen LogP contribution in [0.3, 0.4) is 0 Å². The van der Waals surface area contributed by atoms with Gasteiger partial charge < -0.3 is 0 Å². The average Bonchev–Trinajstić information content (AvgIpc) is 2.80. The number of rotatable bonds is 5. The first-order valence-corrected chi connectivity index (χ1v) is 6.94. The average molecular weight is 277 g/mol. The Labute approximate surface area is 116 Å². The lowest BCUT2D eigenvalue weighted by Crippen LogP contribution is -2.16. The monoisotopic (exact) mass is 277 g/mol. The number of hydrogen-bond donors (Lipinski definition) is 0. The summed E-state index contributed by atoms with van der Waals surface area (Å²) in [6, 6.07) is 8.47. The van der Waals surface area contributed by atoms with Crippen LogP contribution in [0.2, 0.25) is 0 Å². The molecule has 2 aromatic rings. The maximum atomic E-state index is 12.8. The van der Waals surface area contributed by atoms with E-state index in [1.165, 1.54) is 23.5 Å². The molecule has 1 heterocycles. The molecule has 19 heavy (non-hydrogen) atoms. The van der Waals surface area contributed by atoms with Crippen LogP contribution in [0.5, 0.6) is 0 Å². The van der Waals surface area contributed by atoms with Crippen molar-refractivity contribution in [3.05, 3.63) is 57.5 Å². The van der Waals surface area contributed by atoms with Crippen molar-refractivity contribution in [2.24, 2.45) is 0 Å². The van der Waals surface area contributed by atoms with Crippen LogP contribution in [0, 0.1) is 5.82 Å². The van der Waals surface area contributed by atoms with Crippen molar-refractivity contribution in [2.75, 3.05) is 7.05 Å². The van der Waals surface area contributed by atoms with E-state index in [4.69, 9.17) is 0 Å². The molecule has 0 unspecified atom stereocenters. The van der Waals surface area contributed by atoms with Crippen LogP contribution in [-0.2, 0) is 13.1 Å². The lowest BCUT2D eigenvalue weighted by Gasteiger charge is -2.15. The third-order valence-electron chi connectivity index (χ3n) is 2.82. The van der Waals surface area contributed by atoms with Gasteiger partial charge in [-0.15, -0.1) is 11.3 Å². The minimum Gasteiger partial charge on any atom is -0.298 e. The summed E-state index contributed by atoms with van der Waals surface area (Å²) in [4.78, 5) is 14.2. The second-order valence-corrected chi connectivity index (χ2v) is 5.59. The van der Waals surface area contributed by atoms with Crippen LogP contribution < -0.4 is 0 Å². The molecule has 0 saturated carbocycles. The Morgan fingerprint density at radius 3 is 2.42 bits per heavy atom. The molecule has 0 aliphatic heterocycles. The number of halogens is 1. The lowest BCUT2D eigenvalue weighted by atomic mass is 10.2. The fourth-order valence-electron chi connectivity index (χ4n) is 1.91. The van der Waals surface area contributed by atoms with Crippen LogP contribution in [0.25, 0.3) is 0 Å². The predicted octanol–water partition coefficient (Wildman–Crippen LogP) is 3.72. The maximum absolute atomic E-state index is 12.8. The van der Waals surface area contributed by atoms with Crippen molar-refractivity contribution in [2.45, 2.75) is 20.0 Å². The van der Waals surface area contributed by atoms with Gasteiger partial charge in [-0.05, 0) is 48.7 Å². The number of nitrogens with zero attached hydrogens (tertiary/aromatic N) is 1.